The van der Waals surface area contributed by atoms with Crippen molar-refractivity contribution < 1.29 is 62.5 Å². The minimum absolute atomic E-state index is 0.0760. The second-order valence-electron chi connectivity index (χ2n) is 14.9. The molecule has 0 spiro atoms. The van der Waals surface area contributed by atoms with Crippen LogP contribution in [-0.2, 0) is 39.8 Å². The molecular weight excluding hydrogens is 818 g/mol. The molecule has 15 nitrogen and oxygen atoms in total. The molecule has 1 aromatic heterocycles. The van der Waals surface area contributed by atoms with Crippen LogP contribution in [0.4, 0.5) is 10.1 Å². The van der Waals surface area contributed by atoms with E-state index in [-0.39, 0.29) is 50.2 Å². The summed E-state index contributed by atoms with van der Waals surface area (Å²) in [4.78, 5) is 25.7. The number of ether oxygens (including phenoxy) is 7. The number of halogens is 1. The highest BCUT2D eigenvalue weighted by Crippen LogP contribution is 2.45. The van der Waals surface area contributed by atoms with Gasteiger partial charge < -0.3 is 64.1 Å². The van der Waals surface area contributed by atoms with Gasteiger partial charge in [-0.15, -0.1) is 0 Å². The Hall–Kier alpha value is -4.75. The Labute approximate surface area is 369 Å². The maximum atomic E-state index is 15.1. The Morgan fingerprint density at radius 2 is 1.24 bits per heavy atom. The number of nitrogens with one attached hydrogen (secondary N) is 1. The Morgan fingerprint density at radius 1 is 0.714 bits per heavy atom. The summed E-state index contributed by atoms with van der Waals surface area (Å²) >= 11 is 0. The van der Waals surface area contributed by atoms with E-state index in [1.165, 1.54) is 12.1 Å². The number of amides is 1. The summed E-state index contributed by atoms with van der Waals surface area (Å²) in [6.45, 7) is 9.57. The van der Waals surface area contributed by atoms with E-state index in [4.69, 9.17) is 44.0 Å². The van der Waals surface area contributed by atoms with Crippen molar-refractivity contribution >= 4 is 17.6 Å². The predicted molar refractivity (Wildman–Crippen MR) is 237 cm³/mol. The molecule has 0 radical (unpaired) electrons. The minimum atomic E-state index is -1.25. The lowest BCUT2D eigenvalue weighted by atomic mass is 9.94. The smallest absolute Gasteiger partial charge is 0.305 e. The maximum absolute atomic E-state index is 15.1. The fourth-order valence-corrected chi connectivity index (χ4v) is 6.88. The average Bonchev–Trinajstić information content (AvgIpc) is 3.61. The molecule has 63 heavy (non-hydrogen) atoms. The second kappa shape index (κ2) is 28.8. The van der Waals surface area contributed by atoms with Gasteiger partial charge in [0.15, 0.2) is 0 Å². The number of carbonyl (C=O) groups is 2. The zero-order valence-electron chi connectivity index (χ0n) is 36.4. The van der Waals surface area contributed by atoms with E-state index < -0.39 is 30.4 Å². The number of aliphatic carboxylic acids is 1. The van der Waals surface area contributed by atoms with Crippen molar-refractivity contribution in [3.05, 3.63) is 95.9 Å². The molecule has 0 saturated carbocycles. The van der Waals surface area contributed by atoms with Gasteiger partial charge in [-0.05, 0) is 48.6 Å². The molecule has 3 aromatic carbocycles. The molecule has 0 bridgehead atoms. The van der Waals surface area contributed by atoms with Gasteiger partial charge in [0.05, 0.1) is 109 Å². The van der Waals surface area contributed by atoms with Gasteiger partial charge >= 0.3 is 5.97 Å². The molecule has 16 heteroatoms. The van der Waals surface area contributed by atoms with Crippen LogP contribution in [0.3, 0.4) is 0 Å². The van der Waals surface area contributed by atoms with Gasteiger partial charge in [-0.3, -0.25) is 9.59 Å². The second-order valence-corrected chi connectivity index (χ2v) is 14.9. The maximum Gasteiger partial charge on any atom is 0.305 e. The molecule has 1 amide bonds. The van der Waals surface area contributed by atoms with Crippen molar-refractivity contribution in [3.63, 3.8) is 0 Å². The van der Waals surface area contributed by atoms with E-state index in [0.717, 1.165) is 5.56 Å². The Morgan fingerprint density at radius 3 is 1.76 bits per heavy atom. The van der Waals surface area contributed by atoms with Crippen LogP contribution in [0.1, 0.15) is 55.1 Å². The Bertz CT molecular complexity index is 1910. The van der Waals surface area contributed by atoms with E-state index in [9.17, 15) is 19.8 Å². The zero-order valence-corrected chi connectivity index (χ0v) is 36.4. The number of para-hydroxylation sites is 1. The number of carboxylic acids is 1. The van der Waals surface area contributed by atoms with Crippen molar-refractivity contribution in [2.75, 3.05) is 97.8 Å². The number of nitrogens with two attached hydrogens (primary N) is 1. The van der Waals surface area contributed by atoms with Crippen molar-refractivity contribution in [3.8, 4) is 28.1 Å². The quantitative estimate of drug-likeness (QED) is 0.0363. The number of aromatic nitrogens is 1. The first-order valence-electron chi connectivity index (χ1n) is 21.5. The molecule has 4 rings (SSSR count). The highest BCUT2D eigenvalue weighted by molar-refractivity contribution is 6.12. The third-order valence-corrected chi connectivity index (χ3v) is 9.62. The summed E-state index contributed by atoms with van der Waals surface area (Å²) in [5.41, 5.74) is 9.40. The predicted octanol–water partition coefficient (Wildman–Crippen LogP) is 5.75. The zero-order chi connectivity index (χ0) is 45.2. The summed E-state index contributed by atoms with van der Waals surface area (Å²) in [6.07, 6.45) is -2.86. The van der Waals surface area contributed by atoms with Gasteiger partial charge in [0.2, 0.25) is 0 Å². The number of carbonyl (C=O) groups excluding carboxylic acids is 1. The Kier molecular flexibility index (Phi) is 23.3. The number of hydrogen-bond acceptors (Lipinski definition) is 12. The van der Waals surface area contributed by atoms with E-state index in [1.807, 2.05) is 66.9 Å². The number of hydrogen-bond donors (Lipinski definition) is 5. The number of aliphatic hydroxyl groups is 2. The van der Waals surface area contributed by atoms with Crippen molar-refractivity contribution in [1.82, 2.24) is 4.57 Å². The largest absolute Gasteiger partial charge is 0.490 e. The molecule has 0 saturated heterocycles. The lowest BCUT2D eigenvalue weighted by Gasteiger charge is -2.21. The van der Waals surface area contributed by atoms with E-state index in [0.29, 0.717) is 113 Å². The molecule has 0 aliphatic carbocycles. The molecule has 4 aromatic rings. The lowest BCUT2D eigenvalue weighted by molar-refractivity contribution is -0.139. The summed E-state index contributed by atoms with van der Waals surface area (Å²) in [5.74, 6) is -2.06. The summed E-state index contributed by atoms with van der Waals surface area (Å²) < 4.78 is 56.3. The molecule has 2 atom stereocenters. The van der Waals surface area contributed by atoms with E-state index >= 15 is 4.39 Å². The number of nitrogens with zero attached hydrogens (tertiary/aromatic N) is 1. The standard InChI is InChI=1S/C47H64FN3O12/c1-34(2)45-44(47(56)50-37-11-7-4-8-12-37)43(35-9-5-3-6-10-35)46(51(45)17-15-38(52)32-39(53)33-42(54)55)40-14-13-36(48)31-41(40)63-30-29-62-28-27-61-26-25-60-24-23-59-22-21-58-20-19-57-18-16-49/h3-14,31,34,38-39,52-53H,15-30,32-33,49H2,1-2H3,(H,50,56)(H,54,55)/t38-,39-/m1/s1. The third kappa shape index (κ3) is 17.7. The molecule has 0 aliphatic heterocycles. The third-order valence-electron chi connectivity index (χ3n) is 9.62. The number of benzene rings is 3. The van der Waals surface area contributed by atoms with Crippen LogP contribution in [0.25, 0.3) is 22.4 Å². The fraction of sp³-hybridized carbons (Fsp3) is 0.489. The van der Waals surface area contributed by atoms with Gasteiger partial charge in [0.25, 0.3) is 5.91 Å². The van der Waals surface area contributed by atoms with Gasteiger partial charge in [-0.1, -0.05) is 62.4 Å². The van der Waals surface area contributed by atoms with Crippen LogP contribution in [0, 0.1) is 5.82 Å². The van der Waals surface area contributed by atoms with Crippen LogP contribution >= 0.6 is 0 Å². The molecule has 6 N–H and O–H groups in total. The summed E-state index contributed by atoms with van der Waals surface area (Å²) in [6, 6.07) is 22.7. The van der Waals surface area contributed by atoms with Crippen LogP contribution < -0.4 is 15.8 Å². The normalized spacial score (nSPS) is 12.4. The molecule has 346 valence electrons. The van der Waals surface area contributed by atoms with Gasteiger partial charge in [0.1, 0.15) is 18.2 Å². The SMILES string of the molecule is CC(C)c1c(C(=O)Nc2ccccc2)c(-c2ccccc2)c(-c2ccc(F)cc2OCCOCCOCCOCCOCCOCCOCCN)n1CC[C@@H](O)C[C@@H](O)CC(=O)O. The number of aliphatic hydroxyl groups excluding tert-OH is 2. The van der Waals surface area contributed by atoms with Gasteiger partial charge in [-0.2, -0.15) is 0 Å². The number of carboxylic acid groups (broad SMARTS) is 1. The first-order valence-corrected chi connectivity index (χ1v) is 21.5. The van der Waals surface area contributed by atoms with Crippen LogP contribution in [0.15, 0.2) is 78.9 Å². The van der Waals surface area contributed by atoms with Crippen molar-refractivity contribution in [1.29, 1.82) is 0 Å². The highest BCUT2D eigenvalue weighted by atomic mass is 19.1. The minimum Gasteiger partial charge on any atom is -0.490 e. The first kappa shape index (κ1) is 50.9. The lowest BCUT2D eigenvalue weighted by Crippen LogP contribution is -2.22. The van der Waals surface area contributed by atoms with E-state index in [1.54, 1.807) is 18.2 Å². The highest BCUT2D eigenvalue weighted by Gasteiger charge is 2.32. The van der Waals surface area contributed by atoms with Gasteiger partial charge in [0, 0.05) is 41.7 Å². The first-order chi connectivity index (χ1) is 30.6. The van der Waals surface area contributed by atoms with Gasteiger partial charge in [-0.25, -0.2) is 4.39 Å². The summed E-state index contributed by atoms with van der Waals surface area (Å²) in [7, 11) is 0. The van der Waals surface area contributed by atoms with Crippen LogP contribution in [-0.4, -0.2) is 136 Å². The molecule has 1 heterocycles. The molecule has 0 fully saturated rings. The average molecular weight is 882 g/mol. The number of rotatable bonds is 33. The van der Waals surface area contributed by atoms with Crippen molar-refractivity contribution in [2.24, 2.45) is 5.73 Å². The molecule has 0 unspecified atom stereocenters. The van der Waals surface area contributed by atoms with Crippen molar-refractivity contribution in [2.45, 2.75) is 57.8 Å². The van der Waals surface area contributed by atoms with Crippen LogP contribution in [0.5, 0.6) is 5.75 Å². The number of anilines is 1. The Balaban J connectivity index is 1.45. The summed E-state index contributed by atoms with van der Waals surface area (Å²) in [5, 5.41) is 33.6. The fourth-order valence-electron chi connectivity index (χ4n) is 6.88. The molecular formula is C47H64FN3O12. The van der Waals surface area contributed by atoms with Crippen LogP contribution in [0.2, 0.25) is 0 Å². The monoisotopic (exact) mass is 881 g/mol. The van der Waals surface area contributed by atoms with E-state index in [2.05, 4.69) is 5.32 Å². The molecule has 0 aliphatic rings. The topological polar surface area (TPSA) is 202 Å².